The molecule has 1 aromatic carbocycles. The van der Waals surface area contributed by atoms with Gasteiger partial charge in [0.2, 0.25) is 0 Å². The van der Waals surface area contributed by atoms with E-state index in [2.05, 4.69) is 25.5 Å². The average Bonchev–Trinajstić information content (AvgIpc) is 3.25. The van der Waals surface area contributed by atoms with Crippen LogP contribution in [0.4, 0.5) is 11.6 Å². The molecule has 0 bridgehead atoms. The highest BCUT2D eigenvalue weighted by molar-refractivity contribution is 5.94. The van der Waals surface area contributed by atoms with Crippen molar-refractivity contribution in [3.8, 4) is 11.5 Å². The van der Waals surface area contributed by atoms with Crippen molar-refractivity contribution in [2.75, 3.05) is 50.6 Å². The van der Waals surface area contributed by atoms with Crippen molar-refractivity contribution in [3.63, 3.8) is 0 Å². The van der Waals surface area contributed by atoms with Crippen LogP contribution in [0.3, 0.4) is 0 Å². The summed E-state index contributed by atoms with van der Waals surface area (Å²) in [5.74, 6) is 2.65. The Balaban J connectivity index is 1.48. The fourth-order valence-electron chi connectivity index (χ4n) is 3.01. The number of hydrogen-bond acceptors (Lipinski definition) is 7. The summed E-state index contributed by atoms with van der Waals surface area (Å²) in [5, 5.41) is 6.10. The van der Waals surface area contributed by atoms with Gasteiger partial charge in [0, 0.05) is 37.8 Å². The third-order valence-corrected chi connectivity index (χ3v) is 4.45. The van der Waals surface area contributed by atoms with Gasteiger partial charge in [-0.05, 0) is 31.0 Å². The second kappa shape index (κ2) is 9.07. The highest BCUT2D eigenvalue weighted by Crippen LogP contribution is 2.27. The van der Waals surface area contributed by atoms with Crippen LogP contribution < -0.4 is 25.0 Å². The first-order valence-corrected chi connectivity index (χ1v) is 9.02. The van der Waals surface area contributed by atoms with Crippen LogP contribution in [0.1, 0.15) is 23.2 Å². The first-order valence-electron chi connectivity index (χ1n) is 9.02. The van der Waals surface area contributed by atoms with Crippen molar-refractivity contribution in [2.45, 2.75) is 12.8 Å². The molecule has 1 aliphatic rings. The number of anilines is 2. The van der Waals surface area contributed by atoms with Crippen molar-refractivity contribution < 1.29 is 14.3 Å². The van der Waals surface area contributed by atoms with Gasteiger partial charge in [0.05, 0.1) is 14.2 Å². The summed E-state index contributed by atoms with van der Waals surface area (Å²) in [6.45, 7) is 3.11. The molecule has 1 fully saturated rings. The van der Waals surface area contributed by atoms with E-state index in [9.17, 15) is 4.79 Å². The number of aromatic nitrogens is 2. The van der Waals surface area contributed by atoms with Crippen LogP contribution in [0.2, 0.25) is 0 Å². The first kappa shape index (κ1) is 18.8. The van der Waals surface area contributed by atoms with Crippen LogP contribution >= 0.6 is 0 Å². The Kier molecular flexibility index (Phi) is 6.30. The molecule has 2 N–H and O–H groups in total. The number of benzene rings is 1. The molecule has 8 heteroatoms. The van der Waals surface area contributed by atoms with Crippen LogP contribution in [-0.4, -0.2) is 56.3 Å². The molecule has 0 saturated carbocycles. The monoisotopic (exact) mass is 371 g/mol. The molecule has 0 atom stereocenters. The maximum atomic E-state index is 12.3. The van der Waals surface area contributed by atoms with Gasteiger partial charge in [-0.2, -0.15) is 0 Å². The number of hydrogen-bond donors (Lipinski definition) is 2. The Labute approximate surface area is 158 Å². The maximum absolute atomic E-state index is 12.3. The van der Waals surface area contributed by atoms with E-state index in [1.54, 1.807) is 38.7 Å². The summed E-state index contributed by atoms with van der Waals surface area (Å²) in [5.41, 5.74) is 0.519. The van der Waals surface area contributed by atoms with Crippen molar-refractivity contribution in [3.05, 3.63) is 36.2 Å². The SMILES string of the molecule is COc1ccc(C(=O)NCCNc2cc(N3CCCC3)ncn2)cc1OC. The Morgan fingerprint density at radius 1 is 1.07 bits per heavy atom. The maximum Gasteiger partial charge on any atom is 0.251 e. The molecule has 27 heavy (non-hydrogen) atoms. The lowest BCUT2D eigenvalue weighted by Crippen LogP contribution is -2.29. The second-order valence-electron chi connectivity index (χ2n) is 6.21. The lowest BCUT2D eigenvalue weighted by atomic mass is 10.2. The van der Waals surface area contributed by atoms with Crippen LogP contribution in [0.15, 0.2) is 30.6 Å². The molecule has 0 spiro atoms. The molecular weight excluding hydrogens is 346 g/mol. The molecule has 1 aromatic heterocycles. The summed E-state index contributed by atoms with van der Waals surface area (Å²) in [6, 6.07) is 7.03. The van der Waals surface area contributed by atoms with Gasteiger partial charge in [-0.15, -0.1) is 0 Å². The largest absolute Gasteiger partial charge is 0.493 e. The highest BCUT2D eigenvalue weighted by atomic mass is 16.5. The summed E-state index contributed by atoms with van der Waals surface area (Å²) >= 11 is 0. The minimum atomic E-state index is -0.168. The average molecular weight is 371 g/mol. The standard InChI is InChI=1S/C19H25N5O3/c1-26-15-6-5-14(11-16(15)27-2)19(25)21-8-7-20-17-12-18(23-13-22-17)24-9-3-4-10-24/h5-6,11-13H,3-4,7-10H2,1-2H3,(H,21,25)(H,20,22,23). The van der Waals surface area contributed by atoms with Gasteiger partial charge in [-0.1, -0.05) is 0 Å². The van der Waals surface area contributed by atoms with Gasteiger partial charge in [-0.25, -0.2) is 9.97 Å². The van der Waals surface area contributed by atoms with E-state index in [1.807, 2.05) is 6.07 Å². The summed E-state index contributed by atoms with van der Waals surface area (Å²) in [7, 11) is 3.10. The topological polar surface area (TPSA) is 88.6 Å². The molecule has 2 heterocycles. The van der Waals surface area contributed by atoms with Crippen molar-refractivity contribution >= 4 is 17.5 Å². The van der Waals surface area contributed by atoms with Crippen LogP contribution in [0.25, 0.3) is 0 Å². The predicted octanol–water partition coefficient (Wildman–Crippen LogP) is 1.94. The van der Waals surface area contributed by atoms with Crippen molar-refractivity contribution in [2.24, 2.45) is 0 Å². The number of amides is 1. The third kappa shape index (κ3) is 4.78. The Bertz CT molecular complexity index is 778. The number of ether oxygens (including phenoxy) is 2. The number of rotatable bonds is 8. The molecule has 2 aromatic rings. The van der Waals surface area contributed by atoms with Crippen LogP contribution in [0.5, 0.6) is 11.5 Å². The van der Waals surface area contributed by atoms with E-state index in [4.69, 9.17) is 9.47 Å². The smallest absolute Gasteiger partial charge is 0.251 e. The van der Waals surface area contributed by atoms with E-state index < -0.39 is 0 Å². The molecule has 1 saturated heterocycles. The minimum Gasteiger partial charge on any atom is -0.493 e. The molecule has 3 rings (SSSR count). The number of carbonyl (C=O) groups excluding carboxylic acids is 1. The molecule has 144 valence electrons. The molecule has 0 aliphatic carbocycles. The van der Waals surface area contributed by atoms with Gasteiger partial charge in [0.1, 0.15) is 18.0 Å². The lowest BCUT2D eigenvalue weighted by Gasteiger charge is -2.16. The van der Waals surface area contributed by atoms with Gasteiger partial charge >= 0.3 is 0 Å². The lowest BCUT2D eigenvalue weighted by molar-refractivity contribution is 0.0954. The normalized spacial score (nSPS) is 13.3. The summed E-state index contributed by atoms with van der Waals surface area (Å²) < 4.78 is 10.4. The Morgan fingerprint density at radius 2 is 1.85 bits per heavy atom. The molecule has 1 aliphatic heterocycles. The zero-order chi connectivity index (χ0) is 19.1. The predicted molar refractivity (Wildman–Crippen MR) is 104 cm³/mol. The van der Waals surface area contributed by atoms with Gasteiger partial charge in [0.25, 0.3) is 5.91 Å². The number of carbonyl (C=O) groups is 1. The van der Waals surface area contributed by atoms with Crippen LogP contribution in [0, 0.1) is 0 Å². The van der Waals surface area contributed by atoms with Gasteiger partial charge in [-0.3, -0.25) is 4.79 Å². The van der Waals surface area contributed by atoms with Gasteiger partial charge in [0.15, 0.2) is 11.5 Å². The van der Waals surface area contributed by atoms with E-state index >= 15 is 0 Å². The fraction of sp³-hybridized carbons (Fsp3) is 0.421. The Hall–Kier alpha value is -3.03. The fourth-order valence-corrected chi connectivity index (χ4v) is 3.01. The summed E-state index contributed by atoms with van der Waals surface area (Å²) in [6.07, 6.45) is 3.97. The Morgan fingerprint density at radius 3 is 2.59 bits per heavy atom. The minimum absolute atomic E-state index is 0.168. The summed E-state index contributed by atoms with van der Waals surface area (Å²) in [4.78, 5) is 23.1. The molecule has 8 nitrogen and oxygen atoms in total. The van der Waals surface area contributed by atoms with E-state index in [1.165, 1.54) is 12.8 Å². The van der Waals surface area contributed by atoms with Crippen molar-refractivity contribution in [1.29, 1.82) is 0 Å². The van der Waals surface area contributed by atoms with Crippen molar-refractivity contribution in [1.82, 2.24) is 15.3 Å². The molecule has 0 radical (unpaired) electrons. The zero-order valence-electron chi connectivity index (χ0n) is 15.7. The van der Waals surface area contributed by atoms with Crippen LogP contribution in [-0.2, 0) is 0 Å². The molecule has 0 unspecified atom stereocenters. The number of nitrogens with one attached hydrogen (secondary N) is 2. The highest BCUT2D eigenvalue weighted by Gasteiger charge is 2.14. The number of methoxy groups -OCH3 is 2. The molecule has 1 amide bonds. The van der Waals surface area contributed by atoms with E-state index in [0.717, 1.165) is 24.7 Å². The van der Waals surface area contributed by atoms with E-state index in [-0.39, 0.29) is 5.91 Å². The first-order chi connectivity index (χ1) is 13.2. The van der Waals surface area contributed by atoms with E-state index in [0.29, 0.717) is 30.2 Å². The number of nitrogens with zero attached hydrogens (tertiary/aromatic N) is 3. The zero-order valence-corrected chi connectivity index (χ0v) is 15.7. The second-order valence-corrected chi connectivity index (χ2v) is 6.21. The molecular formula is C19H25N5O3. The van der Waals surface area contributed by atoms with Gasteiger partial charge < -0.3 is 25.0 Å². The third-order valence-electron chi connectivity index (χ3n) is 4.45. The quantitative estimate of drug-likeness (QED) is 0.686.